The van der Waals surface area contributed by atoms with E-state index in [0.29, 0.717) is 31.3 Å². The molecule has 0 bridgehead atoms. The molecule has 11 nitrogen and oxygen atoms in total. The highest BCUT2D eigenvalue weighted by Crippen LogP contribution is 2.27. The number of alkyl carbamates (subject to hydrolysis) is 1. The fraction of sp³-hybridized carbons (Fsp3) is 0.400. The number of H-pyrrole nitrogens is 2. The first-order valence-electron chi connectivity index (χ1n) is 15.8. The first kappa shape index (κ1) is 34.0. The number of benzene rings is 2. The van der Waals surface area contributed by atoms with Gasteiger partial charge in [0, 0.05) is 13.0 Å². The molecule has 0 fully saturated rings. The Kier molecular flexibility index (Phi) is 11.7. The van der Waals surface area contributed by atoms with E-state index in [9.17, 15) is 14.4 Å². The normalized spacial score (nSPS) is 11.8. The van der Waals surface area contributed by atoms with Crippen molar-refractivity contribution in [3.05, 3.63) is 72.6 Å². The number of carbonyl (C=O) groups is 3. The number of hydrogen-bond donors (Lipinski definition) is 4. The molecule has 46 heavy (non-hydrogen) atoms. The summed E-state index contributed by atoms with van der Waals surface area (Å²) in [6, 6.07) is 15.7. The van der Waals surface area contributed by atoms with Crippen molar-refractivity contribution in [1.82, 2.24) is 35.5 Å². The molecule has 1 atom stereocenters. The van der Waals surface area contributed by atoms with Gasteiger partial charge in [-0.2, -0.15) is 0 Å². The summed E-state index contributed by atoms with van der Waals surface area (Å²) in [5.41, 5.74) is 5.88. The highest BCUT2D eigenvalue weighted by atomic mass is 16.5. The van der Waals surface area contributed by atoms with Crippen molar-refractivity contribution in [2.45, 2.75) is 66.6 Å². The third kappa shape index (κ3) is 9.06. The Morgan fingerprint density at radius 1 is 0.826 bits per heavy atom. The zero-order valence-electron chi connectivity index (χ0n) is 27.5. The maximum atomic E-state index is 12.7. The molecule has 0 radical (unpaired) electrons. The number of methoxy groups -OCH3 is 1. The summed E-state index contributed by atoms with van der Waals surface area (Å²) in [4.78, 5) is 54.4. The standard InChI is InChI=1S/C35H45N7O4/c1-7-16-42(32(43)17-22(2)3)21-31-37-19-29(40-31)27-14-10-25(11-15-27)24-8-12-26(13-9-24)28-18-36-30(39-28)20-38-34(44)33(23(4)5)41-35(45)46-6/h8-15,18-19,22-23,33H,7,16-17,20-21H2,1-6H3,(H,36,39)(H,37,40)(H,38,44)(H,41,45). The van der Waals surface area contributed by atoms with Gasteiger partial charge in [0.05, 0.1) is 44.0 Å². The van der Waals surface area contributed by atoms with Gasteiger partial charge in [-0.1, -0.05) is 83.1 Å². The molecule has 0 saturated heterocycles. The molecule has 244 valence electrons. The molecule has 2 aromatic carbocycles. The van der Waals surface area contributed by atoms with Gasteiger partial charge in [-0.25, -0.2) is 14.8 Å². The summed E-state index contributed by atoms with van der Waals surface area (Å²) in [6.45, 7) is 11.3. The Labute approximate surface area is 270 Å². The number of aromatic nitrogens is 4. The van der Waals surface area contributed by atoms with E-state index >= 15 is 0 Å². The molecule has 4 aromatic rings. The van der Waals surface area contributed by atoms with Crippen LogP contribution in [-0.2, 0) is 27.4 Å². The van der Waals surface area contributed by atoms with Gasteiger partial charge in [0.2, 0.25) is 11.8 Å². The highest BCUT2D eigenvalue weighted by Gasteiger charge is 2.24. The molecule has 2 aromatic heterocycles. The molecule has 0 spiro atoms. The van der Waals surface area contributed by atoms with Crippen molar-refractivity contribution < 1.29 is 19.1 Å². The summed E-state index contributed by atoms with van der Waals surface area (Å²) < 4.78 is 4.63. The van der Waals surface area contributed by atoms with Crippen LogP contribution in [0.25, 0.3) is 33.6 Å². The lowest BCUT2D eigenvalue weighted by Crippen LogP contribution is -2.49. The quantitative estimate of drug-likeness (QED) is 0.137. The smallest absolute Gasteiger partial charge is 0.407 e. The van der Waals surface area contributed by atoms with E-state index in [0.717, 1.165) is 45.9 Å². The molecule has 2 heterocycles. The Morgan fingerprint density at radius 2 is 1.35 bits per heavy atom. The second-order valence-electron chi connectivity index (χ2n) is 12.1. The van der Waals surface area contributed by atoms with Crippen molar-refractivity contribution in [2.24, 2.45) is 11.8 Å². The minimum atomic E-state index is -0.715. The zero-order valence-corrected chi connectivity index (χ0v) is 27.5. The van der Waals surface area contributed by atoms with Gasteiger partial charge >= 0.3 is 6.09 Å². The van der Waals surface area contributed by atoms with Crippen LogP contribution in [0.2, 0.25) is 0 Å². The maximum Gasteiger partial charge on any atom is 0.407 e. The van der Waals surface area contributed by atoms with E-state index in [1.165, 1.54) is 7.11 Å². The van der Waals surface area contributed by atoms with E-state index in [1.807, 2.05) is 37.1 Å². The van der Waals surface area contributed by atoms with Crippen LogP contribution in [0.5, 0.6) is 0 Å². The Morgan fingerprint density at radius 3 is 1.85 bits per heavy atom. The van der Waals surface area contributed by atoms with Crippen molar-refractivity contribution in [2.75, 3.05) is 13.7 Å². The molecule has 3 amide bonds. The van der Waals surface area contributed by atoms with Crippen LogP contribution in [0.1, 0.15) is 59.1 Å². The number of nitrogens with one attached hydrogen (secondary N) is 4. The van der Waals surface area contributed by atoms with Crippen LogP contribution in [0, 0.1) is 11.8 Å². The van der Waals surface area contributed by atoms with E-state index in [4.69, 9.17) is 0 Å². The molecule has 0 aliphatic carbocycles. The Bertz CT molecular complexity index is 1590. The molecule has 0 saturated carbocycles. The highest BCUT2D eigenvalue weighted by molar-refractivity contribution is 5.85. The van der Waals surface area contributed by atoms with Crippen molar-refractivity contribution >= 4 is 17.9 Å². The lowest BCUT2D eigenvalue weighted by molar-refractivity contribution is -0.132. The third-order valence-corrected chi connectivity index (χ3v) is 7.59. The second kappa shape index (κ2) is 15.9. The van der Waals surface area contributed by atoms with E-state index in [-0.39, 0.29) is 24.3 Å². The summed E-state index contributed by atoms with van der Waals surface area (Å²) >= 11 is 0. The van der Waals surface area contributed by atoms with Crippen LogP contribution in [0.15, 0.2) is 60.9 Å². The fourth-order valence-electron chi connectivity index (χ4n) is 5.10. The first-order valence-corrected chi connectivity index (χ1v) is 15.8. The Hall–Kier alpha value is -4.93. The molecule has 4 N–H and O–H groups in total. The van der Waals surface area contributed by atoms with Gasteiger partial charge in [0.25, 0.3) is 0 Å². The van der Waals surface area contributed by atoms with Gasteiger partial charge in [-0.05, 0) is 40.5 Å². The number of ether oxygens (including phenoxy) is 1. The predicted molar refractivity (Wildman–Crippen MR) is 178 cm³/mol. The van der Waals surface area contributed by atoms with Gasteiger partial charge in [0.15, 0.2) is 0 Å². The molecular weight excluding hydrogens is 582 g/mol. The second-order valence-corrected chi connectivity index (χ2v) is 12.1. The molecule has 11 heteroatoms. The number of imidazole rings is 2. The van der Waals surface area contributed by atoms with Crippen molar-refractivity contribution in [1.29, 1.82) is 0 Å². The fourth-order valence-corrected chi connectivity index (χ4v) is 5.10. The molecule has 1 unspecified atom stereocenters. The Balaban J connectivity index is 1.36. The molecule has 0 aliphatic heterocycles. The van der Waals surface area contributed by atoms with Crippen LogP contribution >= 0.6 is 0 Å². The van der Waals surface area contributed by atoms with Crippen molar-refractivity contribution in [3.63, 3.8) is 0 Å². The number of aromatic amines is 2. The molecule has 0 aliphatic rings. The molecular formula is C35H45N7O4. The summed E-state index contributed by atoms with van der Waals surface area (Å²) in [7, 11) is 1.26. The summed E-state index contributed by atoms with van der Waals surface area (Å²) in [6.07, 6.45) is 4.35. The lowest BCUT2D eigenvalue weighted by atomic mass is 10.0. The minimum Gasteiger partial charge on any atom is -0.453 e. The van der Waals surface area contributed by atoms with Crippen molar-refractivity contribution in [3.8, 4) is 33.6 Å². The van der Waals surface area contributed by atoms with Gasteiger partial charge in [-0.3, -0.25) is 9.59 Å². The summed E-state index contributed by atoms with van der Waals surface area (Å²) in [5.74, 6) is 1.44. The monoisotopic (exact) mass is 627 g/mol. The van der Waals surface area contributed by atoms with Crippen LogP contribution in [-0.4, -0.2) is 62.4 Å². The largest absolute Gasteiger partial charge is 0.453 e. The van der Waals surface area contributed by atoms with E-state index < -0.39 is 12.1 Å². The lowest BCUT2D eigenvalue weighted by Gasteiger charge is -2.22. The first-order chi connectivity index (χ1) is 22.1. The van der Waals surface area contributed by atoms with Gasteiger partial charge in [-0.15, -0.1) is 0 Å². The van der Waals surface area contributed by atoms with Gasteiger partial charge in [0.1, 0.15) is 17.7 Å². The van der Waals surface area contributed by atoms with Crippen LogP contribution < -0.4 is 10.6 Å². The summed E-state index contributed by atoms with van der Waals surface area (Å²) in [5, 5.41) is 5.38. The predicted octanol–water partition coefficient (Wildman–Crippen LogP) is 5.92. The number of carbonyl (C=O) groups excluding carboxylic acids is 3. The topological polar surface area (TPSA) is 145 Å². The van der Waals surface area contributed by atoms with E-state index in [2.05, 4.69) is 92.5 Å². The zero-order chi connectivity index (χ0) is 33.2. The maximum absolute atomic E-state index is 12.7. The van der Waals surface area contributed by atoms with E-state index in [1.54, 1.807) is 6.20 Å². The number of nitrogens with zero attached hydrogens (tertiary/aromatic N) is 3. The van der Waals surface area contributed by atoms with Crippen LogP contribution in [0.3, 0.4) is 0 Å². The third-order valence-electron chi connectivity index (χ3n) is 7.59. The number of hydrogen-bond acceptors (Lipinski definition) is 6. The SMILES string of the molecule is CCCN(Cc1ncc(-c2ccc(-c3ccc(-c4cnc(CNC(=O)C(NC(=O)OC)C(C)C)[nH]4)cc3)cc2)[nH]1)C(=O)CC(C)C. The van der Waals surface area contributed by atoms with Crippen LogP contribution in [0.4, 0.5) is 4.79 Å². The number of rotatable bonds is 14. The minimum absolute atomic E-state index is 0.113. The average Bonchev–Trinajstić information content (AvgIpc) is 3.72. The number of amides is 3. The van der Waals surface area contributed by atoms with Gasteiger partial charge < -0.3 is 30.2 Å². The average molecular weight is 628 g/mol. The molecule has 4 rings (SSSR count).